The van der Waals surface area contributed by atoms with E-state index in [0.717, 1.165) is 27.7 Å². The number of hydrogen-bond donors (Lipinski definition) is 2. The molecule has 1 aromatic heterocycles. The molecule has 0 atom stereocenters. The molecule has 3 heteroatoms. The first-order valence-electron chi connectivity index (χ1n) is 7.93. The van der Waals surface area contributed by atoms with Gasteiger partial charge in [0.05, 0.1) is 6.42 Å². The SMILES string of the molecule is Cc1cccc(CNC(=O)Cc2c(C)[nH]c3ccc(C)cc23)c1. The van der Waals surface area contributed by atoms with Gasteiger partial charge in [0, 0.05) is 23.1 Å². The third-order valence-corrected chi connectivity index (χ3v) is 4.18. The van der Waals surface area contributed by atoms with Gasteiger partial charge < -0.3 is 10.3 Å². The smallest absolute Gasteiger partial charge is 0.224 e. The van der Waals surface area contributed by atoms with Gasteiger partial charge in [-0.3, -0.25) is 4.79 Å². The Morgan fingerprint density at radius 1 is 1.04 bits per heavy atom. The fourth-order valence-corrected chi connectivity index (χ4v) is 2.97. The molecule has 0 spiro atoms. The number of carbonyl (C=O) groups is 1. The molecule has 2 aromatic carbocycles. The van der Waals surface area contributed by atoms with Crippen LogP contribution in [0.5, 0.6) is 0 Å². The number of hydrogen-bond acceptors (Lipinski definition) is 1. The summed E-state index contributed by atoms with van der Waals surface area (Å²) in [5.74, 6) is 0.0528. The van der Waals surface area contributed by atoms with E-state index in [1.54, 1.807) is 0 Å². The number of fused-ring (bicyclic) bond motifs is 1. The maximum atomic E-state index is 12.3. The van der Waals surface area contributed by atoms with Crippen LogP contribution in [-0.2, 0) is 17.8 Å². The van der Waals surface area contributed by atoms with Crippen molar-refractivity contribution in [1.29, 1.82) is 0 Å². The molecule has 3 nitrogen and oxygen atoms in total. The van der Waals surface area contributed by atoms with Crippen LogP contribution in [0.1, 0.15) is 27.9 Å². The summed E-state index contributed by atoms with van der Waals surface area (Å²) in [6, 6.07) is 14.5. The van der Waals surface area contributed by atoms with Gasteiger partial charge in [-0.2, -0.15) is 0 Å². The highest BCUT2D eigenvalue weighted by molar-refractivity contribution is 5.90. The van der Waals surface area contributed by atoms with Gasteiger partial charge in [-0.05, 0) is 44.0 Å². The van der Waals surface area contributed by atoms with Gasteiger partial charge in [0.2, 0.25) is 5.91 Å². The van der Waals surface area contributed by atoms with E-state index in [1.165, 1.54) is 11.1 Å². The molecule has 0 aliphatic carbocycles. The Morgan fingerprint density at radius 2 is 1.83 bits per heavy atom. The third-order valence-electron chi connectivity index (χ3n) is 4.18. The number of benzene rings is 2. The minimum absolute atomic E-state index is 0.0528. The normalized spacial score (nSPS) is 10.9. The van der Waals surface area contributed by atoms with E-state index in [1.807, 2.05) is 19.1 Å². The molecule has 23 heavy (non-hydrogen) atoms. The second-order valence-corrected chi connectivity index (χ2v) is 6.22. The first-order valence-corrected chi connectivity index (χ1v) is 7.93. The molecule has 1 heterocycles. The van der Waals surface area contributed by atoms with Gasteiger partial charge in [-0.25, -0.2) is 0 Å². The molecule has 118 valence electrons. The van der Waals surface area contributed by atoms with Crippen LogP contribution < -0.4 is 5.32 Å². The monoisotopic (exact) mass is 306 g/mol. The molecule has 3 aromatic rings. The molecule has 0 aliphatic heterocycles. The Kier molecular flexibility index (Phi) is 4.20. The van der Waals surface area contributed by atoms with Crippen molar-refractivity contribution in [2.45, 2.75) is 33.7 Å². The minimum Gasteiger partial charge on any atom is -0.358 e. The van der Waals surface area contributed by atoms with Gasteiger partial charge in [0.15, 0.2) is 0 Å². The number of rotatable bonds is 4. The van der Waals surface area contributed by atoms with Crippen molar-refractivity contribution < 1.29 is 4.79 Å². The lowest BCUT2D eigenvalue weighted by Gasteiger charge is -2.07. The van der Waals surface area contributed by atoms with Crippen LogP contribution in [0.4, 0.5) is 0 Å². The molecule has 2 N–H and O–H groups in total. The van der Waals surface area contributed by atoms with Gasteiger partial charge >= 0.3 is 0 Å². The van der Waals surface area contributed by atoms with E-state index in [0.29, 0.717) is 13.0 Å². The third kappa shape index (κ3) is 3.45. The van der Waals surface area contributed by atoms with Crippen molar-refractivity contribution in [3.63, 3.8) is 0 Å². The number of amides is 1. The number of nitrogens with one attached hydrogen (secondary N) is 2. The summed E-state index contributed by atoms with van der Waals surface area (Å²) in [6.45, 7) is 6.73. The van der Waals surface area contributed by atoms with E-state index in [9.17, 15) is 4.79 Å². The highest BCUT2D eigenvalue weighted by atomic mass is 16.1. The van der Waals surface area contributed by atoms with Crippen LogP contribution >= 0.6 is 0 Å². The van der Waals surface area contributed by atoms with E-state index in [2.05, 4.69) is 54.5 Å². The topological polar surface area (TPSA) is 44.9 Å². The summed E-state index contributed by atoms with van der Waals surface area (Å²) in [4.78, 5) is 15.7. The quantitative estimate of drug-likeness (QED) is 0.753. The van der Waals surface area contributed by atoms with Crippen molar-refractivity contribution >= 4 is 16.8 Å². The summed E-state index contributed by atoms with van der Waals surface area (Å²) in [7, 11) is 0. The molecule has 1 amide bonds. The number of carbonyl (C=O) groups excluding carboxylic acids is 1. The lowest BCUT2D eigenvalue weighted by atomic mass is 10.1. The van der Waals surface area contributed by atoms with Crippen molar-refractivity contribution in [2.24, 2.45) is 0 Å². The lowest BCUT2D eigenvalue weighted by molar-refractivity contribution is -0.120. The van der Waals surface area contributed by atoms with Crippen LogP contribution in [0.3, 0.4) is 0 Å². The number of aryl methyl sites for hydroxylation is 3. The van der Waals surface area contributed by atoms with Crippen molar-refractivity contribution in [1.82, 2.24) is 10.3 Å². The molecule has 0 saturated heterocycles. The van der Waals surface area contributed by atoms with E-state index in [-0.39, 0.29) is 5.91 Å². The largest absolute Gasteiger partial charge is 0.358 e. The zero-order valence-corrected chi connectivity index (χ0v) is 13.9. The van der Waals surface area contributed by atoms with E-state index < -0.39 is 0 Å². The van der Waals surface area contributed by atoms with Crippen LogP contribution in [-0.4, -0.2) is 10.9 Å². The lowest BCUT2D eigenvalue weighted by Crippen LogP contribution is -2.24. The van der Waals surface area contributed by atoms with Crippen LogP contribution in [0.2, 0.25) is 0 Å². The average Bonchev–Trinajstić information content (AvgIpc) is 2.81. The summed E-state index contributed by atoms with van der Waals surface area (Å²) in [5.41, 5.74) is 6.79. The Balaban J connectivity index is 1.73. The molecule has 0 aliphatic rings. The summed E-state index contributed by atoms with van der Waals surface area (Å²) in [5, 5.41) is 4.16. The maximum absolute atomic E-state index is 12.3. The van der Waals surface area contributed by atoms with Crippen LogP contribution in [0.15, 0.2) is 42.5 Å². The van der Waals surface area contributed by atoms with Gasteiger partial charge in [0.1, 0.15) is 0 Å². The van der Waals surface area contributed by atoms with Crippen molar-refractivity contribution in [2.75, 3.05) is 0 Å². The zero-order valence-electron chi connectivity index (χ0n) is 13.9. The molecule has 0 saturated carbocycles. The Bertz CT molecular complexity index is 861. The van der Waals surface area contributed by atoms with Crippen LogP contribution in [0.25, 0.3) is 10.9 Å². The van der Waals surface area contributed by atoms with E-state index >= 15 is 0 Å². The second-order valence-electron chi connectivity index (χ2n) is 6.22. The predicted molar refractivity (Wildman–Crippen MR) is 94.5 cm³/mol. The second kappa shape index (κ2) is 6.29. The summed E-state index contributed by atoms with van der Waals surface area (Å²) < 4.78 is 0. The first-order chi connectivity index (χ1) is 11.0. The Morgan fingerprint density at radius 3 is 2.61 bits per heavy atom. The average molecular weight is 306 g/mol. The van der Waals surface area contributed by atoms with Gasteiger partial charge in [0.25, 0.3) is 0 Å². The van der Waals surface area contributed by atoms with Crippen molar-refractivity contribution in [3.05, 3.63) is 70.4 Å². The maximum Gasteiger partial charge on any atom is 0.224 e. The van der Waals surface area contributed by atoms with Crippen LogP contribution in [0, 0.1) is 20.8 Å². The molecular formula is C20H22N2O. The summed E-state index contributed by atoms with van der Waals surface area (Å²) >= 11 is 0. The fourth-order valence-electron chi connectivity index (χ4n) is 2.97. The molecule has 0 fully saturated rings. The number of H-pyrrole nitrogens is 1. The highest BCUT2D eigenvalue weighted by Crippen LogP contribution is 2.23. The van der Waals surface area contributed by atoms with E-state index in [4.69, 9.17) is 0 Å². The van der Waals surface area contributed by atoms with Gasteiger partial charge in [-0.1, -0.05) is 41.5 Å². The predicted octanol–water partition coefficient (Wildman–Crippen LogP) is 3.95. The van der Waals surface area contributed by atoms with Gasteiger partial charge in [-0.15, -0.1) is 0 Å². The zero-order chi connectivity index (χ0) is 16.4. The molecule has 0 radical (unpaired) electrons. The van der Waals surface area contributed by atoms with Crippen molar-refractivity contribution in [3.8, 4) is 0 Å². The first kappa shape index (κ1) is 15.3. The molecular weight excluding hydrogens is 284 g/mol. The minimum atomic E-state index is 0.0528. The number of aromatic amines is 1. The fraction of sp³-hybridized carbons (Fsp3) is 0.250. The highest BCUT2D eigenvalue weighted by Gasteiger charge is 2.12. The standard InChI is InChI=1S/C20H22N2O/c1-13-5-4-6-16(9-13)12-21-20(23)11-17-15(3)22-19-8-7-14(2)10-18(17)19/h4-10,22H,11-12H2,1-3H3,(H,21,23). The Labute approximate surface area is 136 Å². The molecule has 3 rings (SSSR count). The summed E-state index contributed by atoms with van der Waals surface area (Å²) in [6.07, 6.45) is 0.404. The Hall–Kier alpha value is -2.55. The molecule has 0 unspecified atom stereocenters. The number of aromatic nitrogens is 1. The molecule has 0 bridgehead atoms.